The van der Waals surface area contributed by atoms with Crippen molar-refractivity contribution in [3.63, 3.8) is 0 Å². The summed E-state index contributed by atoms with van der Waals surface area (Å²) in [6.45, 7) is 14.2. The van der Waals surface area contributed by atoms with Crippen LogP contribution in [0.4, 0.5) is 0 Å². The molecule has 2 aromatic heterocycles. The van der Waals surface area contributed by atoms with Gasteiger partial charge in [0, 0.05) is 49.2 Å². The highest BCUT2D eigenvalue weighted by molar-refractivity contribution is 7.00. The molecule has 11 aromatic carbocycles. The molecular weight excluding hydrogens is 784 g/mol. The minimum atomic E-state index is -0.0843. The van der Waals surface area contributed by atoms with E-state index in [1.54, 1.807) is 0 Å². The second-order valence-electron chi connectivity index (χ2n) is 21.2. The highest BCUT2D eigenvalue weighted by Gasteiger charge is 2.42. The molecule has 0 bridgehead atoms. The number of hydrogen-bond acceptors (Lipinski definition) is 0. The van der Waals surface area contributed by atoms with Crippen molar-refractivity contribution in [1.29, 1.82) is 0 Å². The van der Waals surface area contributed by atoms with E-state index in [4.69, 9.17) is 0 Å². The molecule has 0 saturated heterocycles. The van der Waals surface area contributed by atoms with E-state index in [2.05, 4.69) is 214 Å². The highest BCUT2D eigenvalue weighted by Crippen LogP contribution is 2.48. The van der Waals surface area contributed by atoms with E-state index < -0.39 is 0 Å². The van der Waals surface area contributed by atoms with E-state index in [0.717, 1.165) is 0 Å². The molecular formula is C62H45BN2. The van der Waals surface area contributed by atoms with E-state index >= 15 is 0 Å². The lowest BCUT2D eigenvalue weighted by molar-refractivity contribution is 0.591. The molecule has 3 heteroatoms. The number of hydrogen-bond donors (Lipinski definition) is 0. The molecule has 0 saturated carbocycles. The maximum atomic E-state index is 2.65. The predicted molar refractivity (Wildman–Crippen MR) is 282 cm³/mol. The van der Waals surface area contributed by atoms with Crippen LogP contribution in [0.2, 0.25) is 0 Å². The fourth-order valence-corrected chi connectivity index (χ4v) is 12.8. The van der Waals surface area contributed by atoms with Crippen LogP contribution in [0.15, 0.2) is 164 Å². The van der Waals surface area contributed by atoms with E-state index in [-0.39, 0.29) is 17.5 Å². The minimum Gasteiger partial charge on any atom is -0.310 e. The first-order valence-corrected chi connectivity index (χ1v) is 23.4. The Hall–Kier alpha value is -7.36. The van der Waals surface area contributed by atoms with Crippen LogP contribution >= 0.6 is 0 Å². The van der Waals surface area contributed by atoms with Crippen molar-refractivity contribution in [3.05, 3.63) is 175 Å². The van der Waals surface area contributed by atoms with Gasteiger partial charge in [-0.1, -0.05) is 169 Å². The molecule has 0 N–H and O–H groups in total. The first kappa shape index (κ1) is 36.0. The maximum Gasteiger partial charge on any atom is 0.252 e. The monoisotopic (exact) mass is 828 g/mol. The molecule has 2 aliphatic rings. The van der Waals surface area contributed by atoms with Crippen LogP contribution < -0.4 is 16.4 Å². The molecule has 0 amide bonds. The number of benzene rings is 11. The third kappa shape index (κ3) is 4.37. The molecule has 2 nitrogen and oxygen atoms in total. The van der Waals surface area contributed by atoms with Crippen LogP contribution in [0.1, 0.15) is 52.7 Å². The van der Waals surface area contributed by atoms with Crippen molar-refractivity contribution < 1.29 is 0 Å². The average molecular weight is 829 g/mol. The van der Waals surface area contributed by atoms with Crippen molar-refractivity contribution in [1.82, 2.24) is 9.13 Å². The van der Waals surface area contributed by atoms with Gasteiger partial charge < -0.3 is 9.13 Å². The second-order valence-corrected chi connectivity index (χ2v) is 21.2. The summed E-state index contributed by atoms with van der Waals surface area (Å²) < 4.78 is 5.31. The fraction of sp³-hybridized carbons (Fsp3) is 0.129. The molecule has 0 fully saturated rings. The number of aromatic nitrogens is 2. The van der Waals surface area contributed by atoms with Gasteiger partial charge in [0.2, 0.25) is 0 Å². The lowest BCUT2D eigenvalue weighted by Crippen LogP contribution is -2.59. The van der Waals surface area contributed by atoms with Gasteiger partial charge in [-0.2, -0.15) is 0 Å². The van der Waals surface area contributed by atoms with Crippen molar-refractivity contribution in [2.45, 2.75) is 52.4 Å². The molecule has 2 aliphatic heterocycles. The minimum absolute atomic E-state index is 0.00707. The molecule has 0 unspecified atom stereocenters. The van der Waals surface area contributed by atoms with Crippen molar-refractivity contribution in [3.8, 4) is 11.4 Å². The van der Waals surface area contributed by atoms with Crippen LogP contribution in [0, 0.1) is 0 Å². The molecule has 13 aromatic rings. The largest absolute Gasteiger partial charge is 0.310 e. The topological polar surface area (TPSA) is 9.86 Å². The average Bonchev–Trinajstić information content (AvgIpc) is 3.85. The van der Waals surface area contributed by atoms with Crippen LogP contribution in [-0.2, 0) is 10.8 Å². The Kier molecular flexibility index (Phi) is 6.57. The van der Waals surface area contributed by atoms with Gasteiger partial charge in [-0.3, -0.25) is 0 Å². The Morgan fingerprint density at radius 1 is 0.323 bits per heavy atom. The van der Waals surface area contributed by atoms with Crippen LogP contribution in [-0.4, -0.2) is 15.8 Å². The summed E-state index contributed by atoms with van der Waals surface area (Å²) >= 11 is 0. The van der Waals surface area contributed by atoms with Crippen molar-refractivity contribution in [2.75, 3.05) is 0 Å². The molecule has 4 heterocycles. The number of rotatable bonds is 0. The molecule has 0 radical (unpaired) electrons. The lowest BCUT2D eigenvalue weighted by atomic mass is 9.34. The van der Waals surface area contributed by atoms with Gasteiger partial charge in [-0.15, -0.1) is 0 Å². The van der Waals surface area contributed by atoms with Crippen molar-refractivity contribution >= 4 is 131 Å². The SMILES string of the molecule is CC(C)(C)c1ccc2c(c1)c1c3c4ccccc4c4ccccc4c3cc3c1n2-c1cccc2c1B3c1cc(C(C)(C)C)cc3c4c5c6ccccc6c6ccccc6c5ccc4n-2c13. The Bertz CT molecular complexity index is 4340. The van der Waals surface area contributed by atoms with Gasteiger partial charge in [0.05, 0.1) is 16.6 Å². The summed E-state index contributed by atoms with van der Waals surface area (Å²) in [5.41, 5.74) is 14.6. The number of nitrogens with zero attached hydrogens (tertiary/aromatic N) is 2. The van der Waals surface area contributed by atoms with Gasteiger partial charge in [0.25, 0.3) is 6.71 Å². The van der Waals surface area contributed by atoms with E-state index in [1.807, 2.05) is 0 Å². The molecule has 0 spiro atoms. The third-order valence-corrected chi connectivity index (χ3v) is 15.7. The van der Waals surface area contributed by atoms with Gasteiger partial charge in [-0.25, -0.2) is 0 Å². The van der Waals surface area contributed by atoms with Gasteiger partial charge in [0.15, 0.2) is 0 Å². The lowest BCUT2D eigenvalue weighted by Gasteiger charge is -2.34. The first-order chi connectivity index (χ1) is 31.6. The van der Waals surface area contributed by atoms with E-state index in [0.29, 0.717) is 0 Å². The maximum absolute atomic E-state index is 2.65. The summed E-state index contributed by atoms with van der Waals surface area (Å²) in [5.74, 6) is 0. The second kappa shape index (κ2) is 11.9. The smallest absolute Gasteiger partial charge is 0.252 e. The molecule has 15 rings (SSSR count). The molecule has 65 heavy (non-hydrogen) atoms. The van der Waals surface area contributed by atoms with Crippen LogP contribution in [0.3, 0.4) is 0 Å². The van der Waals surface area contributed by atoms with Crippen LogP contribution in [0.25, 0.3) is 120 Å². The quantitative estimate of drug-likeness (QED) is 0.106. The van der Waals surface area contributed by atoms with E-state index in [1.165, 1.54) is 147 Å². The molecule has 0 aliphatic carbocycles. The summed E-state index contributed by atoms with van der Waals surface area (Å²) in [5, 5.41) is 21.3. The zero-order valence-corrected chi connectivity index (χ0v) is 37.6. The molecule has 306 valence electrons. The third-order valence-electron chi connectivity index (χ3n) is 15.7. The van der Waals surface area contributed by atoms with Crippen LogP contribution in [0.5, 0.6) is 0 Å². The summed E-state index contributed by atoms with van der Waals surface area (Å²) in [6, 6.07) is 63.4. The zero-order valence-electron chi connectivity index (χ0n) is 37.6. The van der Waals surface area contributed by atoms with E-state index in [9.17, 15) is 0 Å². The predicted octanol–water partition coefficient (Wildman–Crippen LogP) is 14.5. The fourth-order valence-electron chi connectivity index (χ4n) is 12.8. The summed E-state index contributed by atoms with van der Waals surface area (Å²) in [4.78, 5) is 0. The Morgan fingerprint density at radius 2 is 0.785 bits per heavy atom. The number of fused-ring (bicyclic) bond motifs is 24. The highest BCUT2D eigenvalue weighted by atomic mass is 15.0. The Balaban J connectivity index is 1.20. The van der Waals surface area contributed by atoms with Gasteiger partial charge >= 0.3 is 0 Å². The standard InChI is InChI=1S/C62H45BN2/c1-61(2,3)34-26-28-50-46(30-34)57-55-43-23-14-12-19-39(43)37-17-8-10-21-41(37)45(55)33-49-60(57)64(50)52-24-15-25-53-58(52)63(49)48-32-35(62(4,5)6)31-47-56-51(65(53)59(47)48)29-27-44-40-20-9-7-16-36(40)38-18-11-13-22-42(38)54(44)56/h7-33H,1-6H3. The summed E-state index contributed by atoms with van der Waals surface area (Å²) in [7, 11) is 0. The first-order valence-electron chi connectivity index (χ1n) is 23.4. The Labute approximate surface area is 377 Å². The van der Waals surface area contributed by atoms with Gasteiger partial charge in [-0.05, 0) is 129 Å². The van der Waals surface area contributed by atoms with Crippen molar-refractivity contribution in [2.24, 2.45) is 0 Å². The van der Waals surface area contributed by atoms with Gasteiger partial charge in [0.1, 0.15) is 0 Å². The summed E-state index contributed by atoms with van der Waals surface area (Å²) in [6.07, 6.45) is 0. The normalized spacial score (nSPS) is 13.7. The Morgan fingerprint density at radius 3 is 1.37 bits per heavy atom. The zero-order chi connectivity index (χ0) is 43.4. The molecule has 0 atom stereocenters.